The summed E-state index contributed by atoms with van der Waals surface area (Å²) in [6, 6.07) is 0.350. The molecule has 2 unspecified atom stereocenters. The van der Waals surface area contributed by atoms with Crippen molar-refractivity contribution >= 4 is 5.91 Å². The molecular formula is C15H28N2O. The lowest BCUT2D eigenvalue weighted by Crippen LogP contribution is -2.48. The molecule has 18 heavy (non-hydrogen) atoms. The molecule has 2 rings (SSSR count). The molecular weight excluding hydrogens is 224 g/mol. The van der Waals surface area contributed by atoms with Crippen LogP contribution in [-0.2, 0) is 4.79 Å². The largest absolute Gasteiger partial charge is 0.342 e. The second kappa shape index (κ2) is 5.60. The molecule has 2 fully saturated rings. The average Bonchev–Trinajstić information content (AvgIpc) is 2.50. The Bertz CT molecular complexity index is 301. The van der Waals surface area contributed by atoms with Crippen LogP contribution in [0, 0.1) is 11.3 Å². The molecule has 2 aliphatic heterocycles. The molecule has 104 valence electrons. The molecule has 1 amide bonds. The molecule has 2 heterocycles. The van der Waals surface area contributed by atoms with Gasteiger partial charge in [0.05, 0.1) is 5.92 Å². The van der Waals surface area contributed by atoms with E-state index >= 15 is 0 Å². The number of nitrogens with one attached hydrogen (secondary N) is 1. The number of hydrogen-bond donors (Lipinski definition) is 1. The second-order valence-electron chi connectivity index (χ2n) is 6.83. The van der Waals surface area contributed by atoms with E-state index in [2.05, 4.69) is 31.0 Å². The minimum atomic E-state index is 0.208. The van der Waals surface area contributed by atoms with Crippen LogP contribution in [0.25, 0.3) is 0 Å². The van der Waals surface area contributed by atoms with Crippen molar-refractivity contribution in [1.29, 1.82) is 0 Å². The maximum Gasteiger partial charge on any atom is 0.227 e. The van der Waals surface area contributed by atoms with Gasteiger partial charge in [-0.1, -0.05) is 13.8 Å². The number of piperidine rings is 1. The van der Waals surface area contributed by atoms with Gasteiger partial charge in [0, 0.05) is 19.1 Å². The number of nitrogens with zero attached hydrogens (tertiary/aromatic N) is 1. The van der Waals surface area contributed by atoms with Crippen molar-refractivity contribution in [3.63, 3.8) is 0 Å². The van der Waals surface area contributed by atoms with Crippen molar-refractivity contribution in [2.75, 3.05) is 19.6 Å². The van der Waals surface area contributed by atoms with Crippen LogP contribution in [0.15, 0.2) is 0 Å². The summed E-state index contributed by atoms with van der Waals surface area (Å²) in [6.07, 6.45) is 5.75. The lowest BCUT2D eigenvalue weighted by Gasteiger charge is -2.33. The van der Waals surface area contributed by atoms with Crippen molar-refractivity contribution in [3.05, 3.63) is 0 Å². The maximum atomic E-state index is 12.6. The number of likely N-dealkylation sites (tertiary alicyclic amines) is 1. The van der Waals surface area contributed by atoms with Gasteiger partial charge in [0.15, 0.2) is 0 Å². The van der Waals surface area contributed by atoms with Crippen LogP contribution in [0.1, 0.15) is 52.9 Å². The standard InChI is InChI=1S/C15H28N2O/c1-12-13(6-4-9-16-12)14(18)17-10-5-7-15(2,3)8-11-17/h12-13,16H,4-11H2,1-3H3. The zero-order chi connectivity index (χ0) is 13.2. The van der Waals surface area contributed by atoms with Crippen molar-refractivity contribution in [2.24, 2.45) is 11.3 Å². The Morgan fingerprint density at radius 2 is 2.00 bits per heavy atom. The van der Waals surface area contributed by atoms with Crippen LogP contribution in [0.3, 0.4) is 0 Å². The van der Waals surface area contributed by atoms with E-state index in [0.717, 1.165) is 45.3 Å². The molecule has 0 spiro atoms. The Balaban J connectivity index is 1.96. The van der Waals surface area contributed by atoms with E-state index in [1.807, 2.05) is 0 Å². The molecule has 0 saturated carbocycles. The van der Waals surface area contributed by atoms with E-state index in [1.54, 1.807) is 0 Å². The highest BCUT2D eigenvalue weighted by molar-refractivity contribution is 5.79. The molecule has 2 atom stereocenters. The number of hydrogen-bond acceptors (Lipinski definition) is 2. The first kappa shape index (κ1) is 13.9. The van der Waals surface area contributed by atoms with Gasteiger partial charge in [-0.2, -0.15) is 0 Å². The van der Waals surface area contributed by atoms with Crippen LogP contribution in [0.2, 0.25) is 0 Å². The van der Waals surface area contributed by atoms with Crippen molar-refractivity contribution in [2.45, 2.75) is 58.9 Å². The van der Waals surface area contributed by atoms with E-state index in [1.165, 1.54) is 6.42 Å². The first-order valence-electron chi connectivity index (χ1n) is 7.52. The molecule has 0 aromatic carbocycles. The average molecular weight is 252 g/mol. The normalized spacial score (nSPS) is 32.9. The minimum absolute atomic E-state index is 0.208. The van der Waals surface area contributed by atoms with Crippen molar-refractivity contribution in [3.8, 4) is 0 Å². The van der Waals surface area contributed by atoms with Gasteiger partial charge in [0.1, 0.15) is 0 Å². The molecule has 0 aliphatic carbocycles. The molecule has 3 heteroatoms. The fourth-order valence-corrected chi connectivity index (χ4v) is 3.26. The van der Waals surface area contributed by atoms with Gasteiger partial charge in [-0.05, 0) is 51.0 Å². The van der Waals surface area contributed by atoms with Crippen molar-refractivity contribution < 1.29 is 4.79 Å². The number of amides is 1. The summed E-state index contributed by atoms with van der Waals surface area (Å²) in [6.45, 7) is 9.79. The van der Waals surface area contributed by atoms with Gasteiger partial charge in [0.2, 0.25) is 5.91 Å². The number of carbonyl (C=O) groups excluding carboxylic acids is 1. The summed E-state index contributed by atoms with van der Waals surface area (Å²) in [5.74, 6) is 0.604. The lowest BCUT2D eigenvalue weighted by atomic mass is 9.85. The molecule has 0 bridgehead atoms. The van der Waals surface area contributed by atoms with Crippen LogP contribution in [0.5, 0.6) is 0 Å². The van der Waals surface area contributed by atoms with Gasteiger partial charge in [0.25, 0.3) is 0 Å². The van der Waals surface area contributed by atoms with Crippen LogP contribution >= 0.6 is 0 Å². The highest BCUT2D eigenvalue weighted by atomic mass is 16.2. The Labute approximate surface area is 111 Å². The third-order valence-electron chi connectivity index (χ3n) is 4.73. The molecule has 1 N–H and O–H groups in total. The van der Waals surface area contributed by atoms with Gasteiger partial charge in [-0.25, -0.2) is 0 Å². The summed E-state index contributed by atoms with van der Waals surface area (Å²) in [5, 5.41) is 3.44. The highest BCUT2D eigenvalue weighted by Gasteiger charge is 2.33. The molecule has 2 aliphatic rings. The zero-order valence-electron chi connectivity index (χ0n) is 12.2. The van der Waals surface area contributed by atoms with Gasteiger partial charge >= 0.3 is 0 Å². The third kappa shape index (κ3) is 3.25. The highest BCUT2D eigenvalue weighted by Crippen LogP contribution is 2.31. The predicted molar refractivity (Wildman–Crippen MR) is 74.4 cm³/mol. The predicted octanol–water partition coefficient (Wildman–Crippen LogP) is 2.41. The zero-order valence-corrected chi connectivity index (χ0v) is 12.2. The van der Waals surface area contributed by atoms with E-state index in [0.29, 0.717) is 17.4 Å². The van der Waals surface area contributed by atoms with Gasteiger partial charge < -0.3 is 10.2 Å². The molecule has 0 aromatic rings. The van der Waals surface area contributed by atoms with E-state index < -0.39 is 0 Å². The Hall–Kier alpha value is -0.570. The van der Waals surface area contributed by atoms with E-state index in [-0.39, 0.29) is 5.92 Å². The van der Waals surface area contributed by atoms with Crippen LogP contribution < -0.4 is 5.32 Å². The Morgan fingerprint density at radius 3 is 2.72 bits per heavy atom. The molecule has 3 nitrogen and oxygen atoms in total. The first-order chi connectivity index (χ1) is 8.49. The minimum Gasteiger partial charge on any atom is -0.342 e. The lowest BCUT2D eigenvalue weighted by molar-refractivity contribution is -0.137. The summed E-state index contributed by atoms with van der Waals surface area (Å²) in [5.41, 5.74) is 0.408. The molecule has 0 radical (unpaired) electrons. The summed E-state index contributed by atoms with van der Waals surface area (Å²) < 4.78 is 0. The Kier molecular flexibility index (Phi) is 4.31. The molecule has 0 aromatic heterocycles. The van der Waals surface area contributed by atoms with Gasteiger partial charge in [-0.15, -0.1) is 0 Å². The maximum absolute atomic E-state index is 12.6. The summed E-state index contributed by atoms with van der Waals surface area (Å²) in [7, 11) is 0. The second-order valence-corrected chi connectivity index (χ2v) is 6.83. The fraction of sp³-hybridized carbons (Fsp3) is 0.933. The van der Waals surface area contributed by atoms with E-state index in [4.69, 9.17) is 0 Å². The van der Waals surface area contributed by atoms with Crippen LogP contribution in [0.4, 0.5) is 0 Å². The summed E-state index contributed by atoms with van der Waals surface area (Å²) in [4.78, 5) is 14.7. The smallest absolute Gasteiger partial charge is 0.227 e. The molecule has 2 saturated heterocycles. The van der Waals surface area contributed by atoms with Crippen LogP contribution in [-0.4, -0.2) is 36.5 Å². The number of carbonyl (C=O) groups is 1. The SMILES string of the molecule is CC1NCCCC1C(=O)N1CCCC(C)(C)CC1. The first-order valence-corrected chi connectivity index (χ1v) is 7.52. The topological polar surface area (TPSA) is 32.3 Å². The van der Waals surface area contributed by atoms with Crippen molar-refractivity contribution in [1.82, 2.24) is 10.2 Å². The monoisotopic (exact) mass is 252 g/mol. The third-order valence-corrected chi connectivity index (χ3v) is 4.73. The Morgan fingerprint density at radius 1 is 1.22 bits per heavy atom. The number of rotatable bonds is 1. The fourth-order valence-electron chi connectivity index (χ4n) is 3.26. The van der Waals surface area contributed by atoms with E-state index in [9.17, 15) is 4.79 Å². The summed E-state index contributed by atoms with van der Waals surface area (Å²) >= 11 is 0. The quantitative estimate of drug-likeness (QED) is 0.777. The van der Waals surface area contributed by atoms with Gasteiger partial charge in [-0.3, -0.25) is 4.79 Å².